The third kappa shape index (κ3) is 4.16. The van der Waals surface area contributed by atoms with E-state index in [1.807, 2.05) is 25.1 Å². The molecular weight excluding hydrogens is 438 g/mol. The minimum absolute atomic E-state index is 0.150. The molecule has 0 radical (unpaired) electrons. The lowest BCUT2D eigenvalue weighted by Gasteiger charge is -2.50. The van der Waals surface area contributed by atoms with Crippen LogP contribution in [0, 0.1) is 6.92 Å². The lowest BCUT2D eigenvalue weighted by atomic mass is 9.75. The first-order valence-corrected chi connectivity index (χ1v) is 11.9. The van der Waals surface area contributed by atoms with Crippen LogP contribution in [0.5, 0.6) is 0 Å². The summed E-state index contributed by atoms with van der Waals surface area (Å²) in [6, 6.07) is 31.4. The van der Waals surface area contributed by atoms with Crippen molar-refractivity contribution in [2.45, 2.75) is 31.7 Å². The van der Waals surface area contributed by atoms with Crippen molar-refractivity contribution in [3.05, 3.63) is 140 Å². The van der Waals surface area contributed by atoms with Crippen LogP contribution in [0.4, 0.5) is 0 Å². The summed E-state index contributed by atoms with van der Waals surface area (Å²) in [5.74, 6) is 0. The summed E-state index contributed by atoms with van der Waals surface area (Å²) >= 11 is 0. The van der Waals surface area contributed by atoms with Gasteiger partial charge >= 0.3 is 5.69 Å². The van der Waals surface area contributed by atoms with E-state index in [9.17, 15) is 9.59 Å². The first kappa shape index (κ1) is 23.0. The zero-order valence-corrected chi connectivity index (χ0v) is 19.9. The Hall–Kier alpha value is -3.74. The molecule has 0 unspecified atom stereocenters. The van der Waals surface area contributed by atoms with Gasteiger partial charge in [-0.25, -0.2) is 4.79 Å². The zero-order valence-electron chi connectivity index (χ0n) is 19.9. The fourth-order valence-electron chi connectivity index (χ4n) is 5.24. The van der Waals surface area contributed by atoms with Crippen molar-refractivity contribution >= 4 is 0 Å². The summed E-state index contributed by atoms with van der Waals surface area (Å²) in [4.78, 5) is 29.6. The average molecular weight is 468 g/mol. The summed E-state index contributed by atoms with van der Waals surface area (Å²) in [5, 5.41) is 0. The number of hydrogen-bond donors (Lipinski definition) is 1. The number of morpholine rings is 1. The quantitative estimate of drug-likeness (QED) is 0.450. The molecule has 178 valence electrons. The second kappa shape index (κ2) is 9.49. The lowest BCUT2D eigenvalue weighted by Crippen LogP contribution is -2.57. The van der Waals surface area contributed by atoms with Crippen LogP contribution < -0.4 is 11.2 Å². The zero-order chi connectivity index (χ0) is 24.4. The fourth-order valence-corrected chi connectivity index (χ4v) is 5.24. The summed E-state index contributed by atoms with van der Waals surface area (Å²) in [5.41, 5.74) is 2.42. The molecule has 1 aliphatic heterocycles. The van der Waals surface area contributed by atoms with E-state index >= 15 is 0 Å². The van der Waals surface area contributed by atoms with Crippen molar-refractivity contribution in [2.75, 3.05) is 13.1 Å². The van der Waals surface area contributed by atoms with Crippen molar-refractivity contribution in [1.29, 1.82) is 0 Å². The molecular formula is C29H29N3O3. The highest BCUT2D eigenvalue weighted by Gasteiger charge is 2.45. The molecule has 0 spiro atoms. The fraction of sp³-hybridized carbons (Fsp3) is 0.241. The molecule has 5 rings (SSSR count). The molecule has 0 saturated carbocycles. The Balaban J connectivity index is 1.73. The molecule has 0 bridgehead atoms. The molecule has 1 N–H and O–H groups in total. The molecule has 3 aromatic carbocycles. The smallest absolute Gasteiger partial charge is 0.330 e. The molecule has 1 aliphatic rings. The van der Waals surface area contributed by atoms with Gasteiger partial charge in [-0.3, -0.25) is 19.2 Å². The van der Waals surface area contributed by atoms with E-state index in [0.29, 0.717) is 18.7 Å². The van der Waals surface area contributed by atoms with Crippen molar-refractivity contribution in [2.24, 2.45) is 0 Å². The Morgan fingerprint density at radius 3 is 1.77 bits per heavy atom. The molecule has 1 fully saturated rings. The number of ether oxygens (including phenoxy) is 1. The van der Waals surface area contributed by atoms with Crippen molar-refractivity contribution in [3.8, 4) is 0 Å². The summed E-state index contributed by atoms with van der Waals surface area (Å²) in [6.45, 7) is 4.83. The van der Waals surface area contributed by atoms with Gasteiger partial charge < -0.3 is 4.74 Å². The van der Waals surface area contributed by atoms with Crippen LogP contribution in [0.1, 0.15) is 35.4 Å². The number of benzene rings is 3. The van der Waals surface area contributed by atoms with Gasteiger partial charge in [0.25, 0.3) is 5.56 Å². The lowest BCUT2D eigenvalue weighted by molar-refractivity contribution is -0.132. The SMILES string of the molecule is Cc1cn([C@H]2CN(C(c3ccccc3)(c3ccccc3)c3ccccc3)C[C@H](C)O2)c(=O)[nH]c1=O. The van der Waals surface area contributed by atoms with Crippen LogP contribution >= 0.6 is 0 Å². The Bertz CT molecular complexity index is 1300. The number of nitrogens with one attached hydrogen (secondary N) is 1. The standard InChI is InChI=1S/C29H29N3O3/c1-21-18-32(28(34)30-27(21)33)26-20-31(19-22(2)35-26)29(23-12-6-3-7-13-23,24-14-8-4-9-15-24)25-16-10-5-11-17-25/h3-18,22,26H,19-20H2,1-2H3,(H,30,33,34)/t22-,26+/m0/s1. The van der Waals surface area contributed by atoms with Gasteiger partial charge in [0, 0.05) is 24.8 Å². The predicted molar refractivity (Wildman–Crippen MR) is 136 cm³/mol. The van der Waals surface area contributed by atoms with E-state index < -0.39 is 17.5 Å². The number of aryl methyl sites for hydroxylation is 1. The molecule has 0 aliphatic carbocycles. The van der Waals surface area contributed by atoms with Crippen LogP contribution in [0.25, 0.3) is 0 Å². The van der Waals surface area contributed by atoms with E-state index in [-0.39, 0.29) is 11.7 Å². The topological polar surface area (TPSA) is 67.3 Å². The van der Waals surface area contributed by atoms with Crippen molar-refractivity contribution < 1.29 is 4.74 Å². The Morgan fingerprint density at radius 2 is 1.29 bits per heavy atom. The predicted octanol–water partition coefficient (Wildman–Crippen LogP) is 4.06. The van der Waals surface area contributed by atoms with E-state index in [1.165, 1.54) is 4.57 Å². The van der Waals surface area contributed by atoms with Gasteiger partial charge in [0.05, 0.1) is 11.6 Å². The number of aromatic nitrogens is 2. The van der Waals surface area contributed by atoms with Gasteiger partial charge in [0.2, 0.25) is 0 Å². The number of aromatic amines is 1. The minimum atomic E-state index is -0.610. The molecule has 6 nitrogen and oxygen atoms in total. The summed E-state index contributed by atoms with van der Waals surface area (Å²) in [6.07, 6.45) is 0.887. The number of H-pyrrole nitrogens is 1. The maximum atomic E-state index is 12.8. The molecule has 1 saturated heterocycles. The maximum Gasteiger partial charge on any atom is 0.330 e. The van der Waals surface area contributed by atoms with Crippen LogP contribution in [0.2, 0.25) is 0 Å². The van der Waals surface area contributed by atoms with Gasteiger partial charge in [-0.2, -0.15) is 0 Å². The van der Waals surface area contributed by atoms with Crippen LogP contribution in [-0.4, -0.2) is 33.6 Å². The van der Waals surface area contributed by atoms with Crippen LogP contribution in [0.3, 0.4) is 0 Å². The monoisotopic (exact) mass is 467 g/mol. The van der Waals surface area contributed by atoms with Crippen molar-refractivity contribution in [1.82, 2.24) is 14.5 Å². The molecule has 1 aromatic heterocycles. The Morgan fingerprint density at radius 1 is 0.800 bits per heavy atom. The number of nitrogens with zero attached hydrogens (tertiary/aromatic N) is 2. The highest BCUT2D eigenvalue weighted by atomic mass is 16.5. The first-order valence-electron chi connectivity index (χ1n) is 11.9. The largest absolute Gasteiger partial charge is 0.352 e. The van der Waals surface area contributed by atoms with E-state index in [0.717, 1.165) is 16.7 Å². The highest BCUT2D eigenvalue weighted by Crippen LogP contribution is 2.44. The summed E-state index contributed by atoms with van der Waals surface area (Å²) < 4.78 is 7.79. The molecule has 6 heteroatoms. The van der Waals surface area contributed by atoms with Gasteiger partial charge in [0.15, 0.2) is 6.23 Å². The molecule has 0 amide bonds. The highest BCUT2D eigenvalue weighted by molar-refractivity contribution is 5.49. The average Bonchev–Trinajstić information content (AvgIpc) is 2.88. The van der Waals surface area contributed by atoms with Gasteiger partial charge in [-0.15, -0.1) is 0 Å². The van der Waals surface area contributed by atoms with Gasteiger partial charge in [-0.1, -0.05) is 91.0 Å². The molecule has 2 heterocycles. The third-order valence-corrected chi connectivity index (χ3v) is 6.75. The van der Waals surface area contributed by atoms with E-state index in [2.05, 4.69) is 82.7 Å². The van der Waals surface area contributed by atoms with Crippen LogP contribution in [-0.2, 0) is 10.3 Å². The van der Waals surface area contributed by atoms with E-state index in [1.54, 1.807) is 13.1 Å². The second-order valence-corrected chi connectivity index (χ2v) is 9.09. The van der Waals surface area contributed by atoms with Gasteiger partial charge in [-0.05, 0) is 30.5 Å². The maximum absolute atomic E-state index is 12.8. The normalized spacial score (nSPS) is 18.9. The molecule has 4 aromatic rings. The summed E-state index contributed by atoms with van der Waals surface area (Å²) in [7, 11) is 0. The number of hydrogen-bond acceptors (Lipinski definition) is 4. The number of rotatable bonds is 5. The van der Waals surface area contributed by atoms with E-state index in [4.69, 9.17) is 4.74 Å². The second-order valence-electron chi connectivity index (χ2n) is 9.09. The Labute approximate surface area is 204 Å². The molecule has 2 atom stereocenters. The molecule has 35 heavy (non-hydrogen) atoms. The Kier molecular flexibility index (Phi) is 6.24. The van der Waals surface area contributed by atoms with Crippen LogP contribution in [0.15, 0.2) is 107 Å². The third-order valence-electron chi connectivity index (χ3n) is 6.75. The first-order chi connectivity index (χ1) is 17.0. The van der Waals surface area contributed by atoms with Gasteiger partial charge in [0.1, 0.15) is 0 Å². The minimum Gasteiger partial charge on any atom is -0.352 e. The van der Waals surface area contributed by atoms with Crippen molar-refractivity contribution in [3.63, 3.8) is 0 Å².